The molecule has 0 aliphatic heterocycles. The number of halogens is 1. The molecule has 0 aromatic carbocycles. The van der Waals surface area contributed by atoms with Gasteiger partial charge in [-0.3, -0.25) is 4.79 Å². The van der Waals surface area contributed by atoms with Crippen molar-refractivity contribution in [1.29, 1.82) is 0 Å². The Labute approximate surface area is 162 Å². The van der Waals surface area contributed by atoms with E-state index in [2.05, 4.69) is 0 Å². The zero-order chi connectivity index (χ0) is 19.5. The van der Waals surface area contributed by atoms with Gasteiger partial charge in [0.1, 0.15) is 0 Å². The third-order valence-corrected chi connectivity index (χ3v) is 5.73. The van der Waals surface area contributed by atoms with Gasteiger partial charge in [-0.05, 0) is 51.4 Å². The Morgan fingerprint density at radius 1 is 1.15 bits per heavy atom. The Bertz CT molecular complexity index is 426. The Kier molecular flexibility index (Phi) is 11.4. The van der Waals surface area contributed by atoms with Crippen molar-refractivity contribution in [3.05, 3.63) is 12.2 Å². The molecule has 1 aliphatic carbocycles. The maximum absolute atomic E-state index is 10.5. The SMILES string of the molecule is C[C@@H](O)CCC[C@H](O)C=C[C@H]1[C@@H](CCCCCCC(=O)O)[C@@H](Cl)C[C@H]1O. The number of alkyl halides is 1. The second-order valence-corrected chi connectivity index (χ2v) is 8.20. The Morgan fingerprint density at radius 3 is 2.50 bits per heavy atom. The molecule has 0 radical (unpaired) electrons. The lowest BCUT2D eigenvalue weighted by molar-refractivity contribution is -0.137. The third-order valence-electron chi connectivity index (χ3n) is 5.23. The monoisotopic (exact) mass is 390 g/mol. The van der Waals surface area contributed by atoms with Crippen LogP contribution in [0.2, 0.25) is 0 Å². The summed E-state index contributed by atoms with van der Waals surface area (Å²) in [6.45, 7) is 1.74. The first kappa shape index (κ1) is 23.4. The number of unbranched alkanes of at least 4 members (excludes halogenated alkanes) is 3. The average molecular weight is 391 g/mol. The summed E-state index contributed by atoms with van der Waals surface area (Å²) >= 11 is 6.42. The van der Waals surface area contributed by atoms with Gasteiger partial charge in [-0.25, -0.2) is 0 Å². The molecule has 0 heterocycles. The smallest absolute Gasteiger partial charge is 0.303 e. The fraction of sp³-hybridized carbons (Fsp3) is 0.850. The maximum atomic E-state index is 10.5. The quantitative estimate of drug-likeness (QED) is 0.219. The van der Waals surface area contributed by atoms with Crippen LogP contribution in [0.25, 0.3) is 0 Å². The molecule has 26 heavy (non-hydrogen) atoms. The van der Waals surface area contributed by atoms with Crippen LogP contribution < -0.4 is 0 Å². The van der Waals surface area contributed by atoms with E-state index in [4.69, 9.17) is 16.7 Å². The lowest BCUT2D eigenvalue weighted by Gasteiger charge is -2.21. The first-order chi connectivity index (χ1) is 12.3. The second-order valence-electron chi connectivity index (χ2n) is 7.64. The minimum atomic E-state index is -0.748. The molecule has 0 unspecified atom stereocenters. The minimum absolute atomic E-state index is 0.0389. The highest BCUT2D eigenvalue weighted by Crippen LogP contribution is 2.40. The number of aliphatic hydroxyl groups excluding tert-OH is 3. The van der Waals surface area contributed by atoms with E-state index in [-0.39, 0.29) is 29.7 Å². The molecule has 0 bridgehead atoms. The summed E-state index contributed by atoms with van der Waals surface area (Å²) in [7, 11) is 0. The molecular formula is C20H35ClO5. The van der Waals surface area contributed by atoms with Crippen molar-refractivity contribution in [2.45, 2.75) is 94.8 Å². The van der Waals surface area contributed by atoms with Crippen molar-refractivity contribution in [3.8, 4) is 0 Å². The van der Waals surface area contributed by atoms with Gasteiger partial charge < -0.3 is 20.4 Å². The van der Waals surface area contributed by atoms with E-state index >= 15 is 0 Å². The molecule has 0 aromatic heterocycles. The van der Waals surface area contributed by atoms with Crippen LogP contribution in [0.15, 0.2) is 12.2 Å². The third kappa shape index (κ3) is 9.36. The number of hydrogen-bond donors (Lipinski definition) is 4. The number of aliphatic hydroxyl groups is 3. The summed E-state index contributed by atoms with van der Waals surface area (Å²) in [5, 5.41) is 38.2. The molecule has 6 heteroatoms. The molecule has 6 atom stereocenters. The zero-order valence-corrected chi connectivity index (χ0v) is 16.5. The fourth-order valence-corrected chi connectivity index (χ4v) is 4.19. The summed E-state index contributed by atoms with van der Waals surface area (Å²) < 4.78 is 0. The summed E-state index contributed by atoms with van der Waals surface area (Å²) in [6, 6.07) is 0. The molecule has 152 valence electrons. The Hall–Kier alpha value is -0.620. The number of aliphatic carboxylic acids is 1. The number of carboxylic acid groups (broad SMARTS) is 1. The molecule has 5 nitrogen and oxygen atoms in total. The number of hydrogen-bond acceptors (Lipinski definition) is 4. The Morgan fingerprint density at radius 2 is 1.85 bits per heavy atom. The van der Waals surface area contributed by atoms with Crippen molar-refractivity contribution in [1.82, 2.24) is 0 Å². The molecule has 1 aliphatic rings. The van der Waals surface area contributed by atoms with Gasteiger partial charge in [-0.15, -0.1) is 11.6 Å². The molecule has 4 N–H and O–H groups in total. The van der Waals surface area contributed by atoms with Gasteiger partial charge in [0.2, 0.25) is 0 Å². The molecule has 0 amide bonds. The highest BCUT2D eigenvalue weighted by Gasteiger charge is 2.39. The average Bonchev–Trinajstić information content (AvgIpc) is 2.81. The minimum Gasteiger partial charge on any atom is -0.481 e. The van der Waals surface area contributed by atoms with E-state index < -0.39 is 18.2 Å². The highest BCUT2D eigenvalue weighted by molar-refractivity contribution is 6.21. The van der Waals surface area contributed by atoms with Crippen LogP contribution in [0.1, 0.15) is 71.1 Å². The predicted molar refractivity (Wildman–Crippen MR) is 103 cm³/mol. The lowest BCUT2D eigenvalue weighted by atomic mass is 9.88. The topological polar surface area (TPSA) is 98.0 Å². The van der Waals surface area contributed by atoms with E-state index in [0.29, 0.717) is 25.7 Å². The summed E-state index contributed by atoms with van der Waals surface area (Å²) in [6.07, 6.45) is 9.56. The molecule has 1 saturated carbocycles. The Balaban J connectivity index is 2.38. The molecule has 0 aromatic rings. The number of carboxylic acids is 1. The van der Waals surface area contributed by atoms with Gasteiger partial charge in [-0.1, -0.05) is 31.4 Å². The second kappa shape index (κ2) is 12.7. The van der Waals surface area contributed by atoms with Crippen molar-refractivity contribution >= 4 is 17.6 Å². The fourth-order valence-electron chi connectivity index (χ4n) is 3.72. The summed E-state index contributed by atoms with van der Waals surface area (Å²) in [4.78, 5) is 10.5. The standard InChI is InChI=1S/C20H35ClO5/c1-14(22)7-6-8-15(23)11-12-17-16(18(21)13-19(17)24)9-4-2-3-5-10-20(25)26/h11-12,14-19,22-24H,2-10,13H2,1H3,(H,25,26)/t14-,15+,16-,17+,18+,19-/m1/s1. The van der Waals surface area contributed by atoms with Gasteiger partial charge in [0, 0.05) is 17.7 Å². The number of rotatable bonds is 13. The summed E-state index contributed by atoms with van der Waals surface area (Å²) in [5.41, 5.74) is 0. The van der Waals surface area contributed by atoms with E-state index in [1.165, 1.54) is 0 Å². The maximum Gasteiger partial charge on any atom is 0.303 e. The first-order valence-electron chi connectivity index (χ1n) is 9.89. The zero-order valence-electron chi connectivity index (χ0n) is 15.8. The van der Waals surface area contributed by atoms with Crippen molar-refractivity contribution in [2.75, 3.05) is 0 Å². The van der Waals surface area contributed by atoms with Crippen LogP contribution in [-0.2, 0) is 4.79 Å². The van der Waals surface area contributed by atoms with Crippen LogP contribution in [0, 0.1) is 11.8 Å². The van der Waals surface area contributed by atoms with Gasteiger partial charge in [0.15, 0.2) is 0 Å². The normalized spacial score (nSPS) is 28.5. The van der Waals surface area contributed by atoms with Crippen molar-refractivity contribution in [2.24, 2.45) is 11.8 Å². The largest absolute Gasteiger partial charge is 0.481 e. The first-order valence-corrected chi connectivity index (χ1v) is 10.3. The van der Waals surface area contributed by atoms with Gasteiger partial charge >= 0.3 is 5.97 Å². The van der Waals surface area contributed by atoms with E-state index in [9.17, 15) is 20.1 Å². The molecular weight excluding hydrogens is 356 g/mol. The highest BCUT2D eigenvalue weighted by atomic mass is 35.5. The van der Waals surface area contributed by atoms with Crippen LogP contribution >= 0.6 is 11.6 Å². The van der Waals surface area contributed by atoms with Gasteiger partial charge in [-0.2, -0.15) is 0 Å². The van der Waals surface area contributed by atoms with E-state index in [0.717, 1.165) is 32.1 Å². The van der Waals surface area contributed by atoms with Crippen molar-refractivity contribution in [3.63, 3.8) is 0 Å². The van der Waals surface area contributed by atoms with Crippen LogP contribution in [-0.4, -0.2) is 50.1 Å². The lowest BCUT2D eigenvalue weighted by Crippen LogP contribution is -2.19. The van der Waals surface area contributed by atoms with Crippen LogP contribution in [0.3, 0.4) is 0 Å². The van der Waals surface area contributed by atoms with Crippen LogP contribution in [0.4, 0.5) is 0 Å². The van der Waals surface area contributed by atoms with Gasteiger partial charge in [0.05, 0.1) is 18.3 Å². The molecule has 0 saturated heterocycles. The van der Waals surface area contributed by atoms with Crippen LogP contribution in [0.5, 0.6) is 0 Å². The molecule has 1 rings (SSSR count). The predicted octanol–water partition coefficient (Wildman–Crippen LogP) is 3.48. The van der Waals surface area contributed by atoms with Gasteiger partial charge in [0.25, 0.3) is 0 Å². The van der Waals surface area contributed by atoms with E-state index in [1.54, 1.807) is 13.0 Å². The van der Waals surface area contributed by atoms with E-state index in [1.807, 2.05) is 6.08 Å². The molecule has 0 spiro atoms. The summed E-state index contributed by atoms with van der Waals surface area (Å²) in [5.74, 6) is -0.600. The molecule has 1 fully saturated rings. The number of carbonyl (C=O) groups is 1. The van der Waals surface area contributed by atoms with Crippen molar-refractivity contribution < 1.29 is 25.2 Å².